The highest BCUT2D eigenvalue weighted by Gasteiger charge is 2.26. The Morgan fingerprint density at radius 1 is 1.06 bits per heavy atom. The normalized spacial score (nSPS) is 37.3. The molecule has 2 aliphatic rings. The Morgan fingerprint density at radius 3 is 2.25 bits per heavy atom. The van der Waals surface area contributed by atoms with Crippen molar-refractivity contribution in [3.05, 3.63) is 0 Å². The fourth-order valence-electron chi connectivity index (χ4n) is 3.61. The zero-order valence-corrected chi connectivity index (χ0v) is 11.3. The predicted octanol–water partition coefficient (Wildman–Crippen LogP) is 3.84. The first-order valence-corrected chi connectivity index (χ1v) is 7.37. The molecule has 0 spiro atoms. The first kappa shape index (κ1) is 12.4. The Labute approximate surface area is 101 Å². The van der Waals surface area contributed by atoms with Gasteiger partial charge in [-0.3, -0.25) is 0 Å². The van der Waals surface area contributed by atoms with Gasteiger partial charge in [-0.25, -0.2) is 0 Å². The molecule has 0 saturated heterocycles. The van der Waals surface area contributed by atoms with Gasteiger partial charge in [0.1, 0.15) is 0 Å². The van der Waals surface area contributed by atoms with Gasteiger partial charge in [0, 0.05) is 6.04 Å². The summed E-state index contributed by atoms with van der Waals surface area (Å²) in [6.45, 7) is 8.56. The molecule has 94 valence electrons. The molecular formula is C15H29N. The van der Waals surface area contributed by atoms with E-state index in [4.69, 9.17) is 0 Å². The van der Waals surface area contributed by atoms with Gasteiger partial charge in [0.2, 0.25) is 0 Å². The van der Waals surface area contributed by atoms with Gasteiger partial charge in [-0.1, -0.05) is 20.8 Å². The fourth-order valence-corrected chi connectivity index (χ4v) is 3.61. The van der Waals surface area contributed by atoms with Crippen LogP contribution in [-0.4, -0.2) is 12.6 Å². The van der Waals surface area contributed by atoms with Crippen LogP contribution in [0.4, 0.5) is 0 Å². The molecule has 16 heavy (non-hydrogen) atoms. The van der Waals surface area contributed by atoms with Gasteiger partial charge in [-0.2, -0.15) is 0 Å². The first-order valence-electron chi connectivity index (χ1n) is 7.37. The van der Waals surface area contributed by atoms with Gasteiger partial charge < -0.3 is 5.32 Å². The minimum absolute atomic E-state index is 0.878. The quantitative estimate of drug-likeness (QED) is 0.747. The van der Waals surface area contributed by atoms with E-state index in [0.29, 0.717) is 0 Å². The summed E-state index contributed by atoms with van der Waals surface area (Å²) < 4.78 is 0. The van der Waals surface area contributed by atoms with Gasteiger partial charge in [0.25, 0.3) is 0 Å². The zero-order chi connectivity index (χ0) is 11.5. The molecule has 1 nitrogen and oxygen atoms in total. The van der Waals surface area contributed by atoms with Crippen LogP contribution in [0.1, 0.15) is 59.3 Å². The van der Waals surface area contributed by atoms with E-state index in [9.17, 15) is 0 Å². The topological polar surface area (TPSA) is 12.0 Å². The summed E-state index contributed by atoms with van der Waals surface area (Å²) >= 11 is 0. The lowest BCUT2D eigenvalue weighted by Gasteiger charge is -2.33. The molecule has 0 aromatic carbocycles. The van der Waals surface area contributed by atoms with Crippen molar-refractivity contribution in [3.8, 4) is 0 Å². The van der Waals surface area contributed by atoms with Crippen LogP contribution in [-0.2, 0) is 0 Å². The van der Waals surface area contributed by atoms with Gasteiger partial charge in [0.05, 0.1) is 0 Å². The highest BCUT2D eigenvalue weighted by atomic mass is 14.9. The van der Waals surface area contributed by atoms with E-state index >= 15 is 0 Å². The Kier molecular flexibility index (Phi) is 4.29. The van der Waals surface area contributed by atoms with Crippen LogP contribution in [0.15, 0.2) is 0 Å². The summed E-state index contributed by atoms with van der Waals surface area (Å²) in [6, 6.07) is 0.881. The smallest absolute Gasteiger partial charge is 0.00683 e. The molecule has 0 amide bonds. The molecule has 2 saturated carbocycles. The van der Waals surface area contributed by atoms with Crippen LogP contribution in [0.3, 0.4) is 0 Å². The maximum absolute atomic E-state index is 3.67. The van der Waals surface area contributed by atoms with E-state index in [1.807, 2.05) is 0 Å². The van der Waals surface area contributed by atoms with Gasteiger partial charge in [-0.05, 0) is 68.7 Å². The molecule has 0 radical (unpaired) electrons. The van der Waals surface area contributed by atoms with Gasteiger partial charge in [-0.15, -0.1) is 0 Å². The summed E-state index contributed by atoms with van der Waals surface area (Å²) in [4.78, 5) is 0. The van der Waals surface area contributed by atoms with E-state index in [2.05, 4.69) is 26.1 Å². The summed E-state index contributed by atoms with van der Waals surface area (Å²) in [5.74, 6) is 3.83. The lowest BCUT2D eigenvalue weighted by molar-refractivity contribution is 0.191. The molecule has 1 N–H and O–H groups in total. The van der Waals surface area contributed by atoms with Crippen LogP contribution >= 0.6 is 0 Å². The fraction of sp³-hybridized carbons (Fsp3) is 1.00. The second kappa shape index (κ2) is 5.53. The standard InChI is InChI=1S/C15H29N/c1-11-6-12(2)8-14(7-11)9-13(3)10-16-15-4-5-15/h11-16H,4-10H2,1-3H3. The molecule has 0 bridgehead atoms. The zero-order valence-electron chi connectivity index (χ0n) is 11.3. The lowest BCUT2D eigenvalue weighted by atomic mass is 9.74. The highest BCUT2D eigenvalue weighted by Crippen LogP contribution is 2.36. The van der Waals surface area contributed by atoms with Crippen LogP contribution in [0, 0.1) is 23.7 Å². The van der Waals surface area contributed by atoms with E-state index in [0.717, 1.165) is 29.7 Å². The molecular weight excluding hydrogens is 194 g/mol. The molecule has 0 aromatic rings. The average molecular weight is 223 g/mol. The Morgan fingerprint density at radius 2 is 1.69 bits per heavy atom. The monoisotopic (exact) mass is 223 g/mol. The number of rotatable bonds is 5. The van der Waals surface area contributed by atoms with Crippen molar-refractivity contribution in [1.29, 1.82) is 0 Å². The average Bonchev–Trinajstić information content (AvgIpc) is 2.96. The van der Waals surface area contributed by atoms with E-state index < -0.39 is 0 Å². The maximum Gasteiger partial charge on any atom is 0.00683 e. The minimum atomic E-state index is 0.878. The Hall–Kier alpha value is -0.0400. The van der Waals surface area contributed by atoms with Gasteiger partial charge in [0.15, 0.2) is 0 Å². The lowest BCUT2D eigenvalue weighted by Crippen LogP contribution is -2.27. The van der Waals surface area contributed by atoms with Crippen molar-refractivity contribution in [2.24, 2.45) is 23.7 Å². The molecule has 3 atom stereocenters. The van der Waals surface area contributed by atoms with Crippen molar-refractivity contribution in [3.63, 3.8) is 0 Å². The molecule has 0 aromatic heterocycles. The third-order valence-electron chi connectivity index (χ3n) is 4.34. The van der Waals surface area contributed by atoms with E-state index in [1.54, 1.807) is 0 Å². The summed E-state index contributed by atoms with van der Waals surface area (Å²) in [6.07, 6.45) is 8.73. The second-order valence-electron chi connectivity index (χ2n) is 6.81. The van der Waals surface area contributed by atoms with E-state index in [-0.39, 0.29) is 0 Å². The van der Waals surface area contributed by atoms with Crippen LogP contribution in [0.2, 0.25) is 0 Å². The molecule has 3 unspecified atom stereocenters. The molecule has 2 rings (SSSR count). The van der Waals surface area contributed by atoms with Crippen molar-refractivity contribution >= 4 is 0 Å². The second-order valence-corrected chi connectivity index (χ2v) is 6.81. The molecule has 0 heterocycles. The van der Waals surface area contributed by atoms with Crippen LogP contribution in [0.5, 0.6) is 0 Å². The molecule has 2 fully saturated rings. The van der Waals surface area contributed by atoms with Crippen molar-refractivity contribution in [2.45, 2.75) is 65.3 Å². The Balaban J connectivity index is 1.66. The minimum Gasteiger partial charge on any atom is -0.314 e. The van der Waals surface area contributed by atoms with Crippen molar-refractivity contribution in [1.82, 2.24) is 5.32 Å². The number of hydrogen-bond acceptors (Lipinski definition) is 1. The molecule has 1 heteroatoms. The Bertz CT molecular complexity index is 199. The summed E-state index contributed by atoms with van der Waals surface area (Å²) in [7, 11) is 0. The van der Waals surface area contributed by atoms with Crippen molar-refractivity contribution in [2.75, 3.05) is 6.54 Å². The van der Waals surface area contributed by atoms with Crippen LogP contribution in [0.25, 0.3) is 0 Å². The van der Waals surface area contributed by atoms with Gasteiger partial charge >= 0.3 is 0 Å². The SMILES string of the molecule is CC(CNC1CC1)CC1CC(C)CC(C)C1. The third kappa shape index (κ3) is 4.08. The van der Waals surface area contributed by atoms with Crippen molar-refractivity contribution < 1.29 is 0 Å². The summed E-state index contributed by atoms with van der Waals surface area (Å²) in [5.41, 5.74) is 0. The first-order chi connectivity index (χ1) is 7.63. The highest BCUT2D eigenvalue weighted by molar-refractivity contribution is 4.82. The van der Waals surface area contributed by atoms with Crippen LogP contribution < -0.4 is 5.32 Å². The maximum atomic E-state index is 3.67. The third-order valence-corrected chi connectivity index (χ3v) is 4.34. The predicted molar refractivity (Wildman–Crippen MR) is 70.5 cm³/mol. The molecule has 0 aliphatic heterocycles. The number of hydrogen-bond donors (Lipinski definition) is 1. The largest absolute Gasteiger partial charge is 0.314 e. The van der Waals surface area contributed by atoms with E-state index in [1.165, 1.54) is 45.1 Å². The summed E-state index contributed by atoms with van der Waals surface area (Å²) in [5, 5.41) is 3.67. The number of nitrogens with one attached hydrogen (secondary N) is 1. The molecule has 2 aliphatic carbocycles.